The second-order valence-corrected chi connectivity index (χ2v) is 6.22. The predicted molar refractivity (Wildman–Crippen MR) is 96.1 cm³/mol. The van der Waals surface area contributed by atoms with Gasteiger partial charge in [-0.2, -0.15) is 5.26 Å². The van der Waals surface area contributed by atoms with Crippen molar-refractivity contribution >= 4 is 11.6 Å². The summed E-state index contributed by atoms with van der Waals surface area (Å²) in [6.07, 6.45) is 1.12. The molecule has 0 bridgehead atoms. The molecule has 1 fully saturated rings. The highest BCUT2D eigenvalue weighted by atomic mass is 16.3. The van der Waals surface area contributed by atoms with E-state index in [9.17, 15) is 15.2 Å². The summed E-state index contributed by atoms with van der Waals surface area (Å²) in [5.74, 6) is -0.0737. The molecule has 1 atom stereocenters. The number of hydrogen-bond acceptors (Lipinski definition) is 4. The van der Waals surface area contributed by atoms with Gasteiger partial charge in [-0.1, -0.05) is 30.3 Å². The number of nitrogens with zero attached hydrogens (tertiary/aromatic N) is 2. The van der Waals surface area contributed by atoms with Crippen molar-refractivity contribution in [2.45, 2.75) is 25.5 Å². The number of nitriles is 1. The average molecular weight is 335 g/mol. The highest BCUT2D eigenvalue weighted by Crippen LogP contribution is 2.21. The van der Waals surface area contributed by atoms with Crippen LogP contribution in [-0.4, -0.2) is 35.1 Å². The van der Waals surface area contributed by atoms with Gasteiger partial charge < -0.3 is 15.3 Å². The van der Waals surface area contributed by atoms with Gasteiger partial charge >= 0.3 is 0 Å². The number of rotatable bonds is 4. The fourth-order valence-electron chi connectivity index (χ4n) is 3.11. The van der Waals surface area contributed by atoms with Crippen molar-refractivity contribution < 1.29 is 9.90 Å². The Balaban J connectivity index is 1.77. The molecule has 1 heterocycles. The van der Waals surface area contributed by atoms with E-state index in [1.54, 1.807) is 17.0 Å². The Hall–Kier alpha value is -2.84. The number of para-hydroxylation sites is 1. The molecule has 2 aromatic carbocycles. The smallest absolute Gasteiger partial charge is 0.256 e. The molecule has 128 valence electrons. The number of carbonyl (C=O) groups excluding carboxylic acids is 1. The molecule has 5 heteroatoms. The third-order valence-electron chi connectivity index (χ3n) is 4.45. The van der Waals surface area contributed by atoms with Crippen molar-refractivity contribution in [3.05, 3.63) is 65.2 Å². The van der Waals surface area contributed by atoms with Crippen LogP contribution in [0.2, 0.25) is 0 Å². The molecule has 25 heavy (non-hydrogen) atoms. The van der Waals surface area contributed by atoms with Gasteiger partial charge in [-0.25, -0.2) is 0 Å². The highest BCUT2D eigenvalue weighted by molar-refractivity contribution is 5.99. The van der Waals surface area contributed by atoms with Crippen LogP contribution in [0.1, 0.15) is 34.3 Å². The van der Waals surface area contributed by atoms with Crippen LogP contribution in [0.25, 0.3) is 0 Å². The molecule has 1 aliphatic rings. The number of likely N-dealkylation sites (tertiary alicyclic amines) is 1. The molecule has 0 aromatic heterocycles. The van der Waals surface area contributed by atoms with E-state index >= 15 is 0 Å². The van der Waals surface area contributed by atoms with Crippen LogP contribution < -0.4 is 5.32 Å². The van der Waals surface area contributed by atoms with E-state index in [4.69, 9.17) is 0 Å². The summed E-state index contributed by atoms with van der Waals surface area (Å²) in [6, 6.07) is 17.0. The maximum Gasteiger partial charge on any atom is 0.256 e. The lowest BCUT2D eigenvalue weighted by Gasteiger charge is -2.30. The molecule has 1 aliphatic heterocycles. The largest absolute Gasteiger partial charge is 0.391 e. The van der Waals surface area contributed by atoms with Gasteiger partial charge in [0.15, 0.2) is 0 Å². The zero-order valence-electron chi connectivity index (χ0n) is 14.0. The highest BCUT2D eigenvalue weighted by Gasteiger charge is 2.24. The Morgan fingerprint density at radius 1 is 1.24 bits per heavy atom. The minimum Gasteiger partial charge on any atom is -0.391 e. The summed E-state index contributed by atoms with van der Waals surface area (Å²) in [7, 11) is 0. The number of aliphatic hydroxyl groups is 1. The number of nitrogens with one attached hydrogen (secondary N) is 1. The fourth-order valence-corrected chi connectivity index (χ4v) is 3.11. The topological polar surface area (TPSA) is 76.4 Å². The van der Waals surface area contributed by atoms with Crippen molar-refractivity contribution in [2.24, 2.45) is 0 Å². The fraction of sp³-hybridized carbons (Fsp3) is 0.300. The zero-order chi connectivity index (χ0) is 17.6. The number of β-amino-alcohol motifs (C(OH)–C–C–N with tert-alkyl or cyclic N) is 1. The van der Waals surface area contributed by atoms with Gasteiger partial charge in [-0.15, -0.1) is 0 Å². The van der Waals surface area contributed by atoms with Crippen LogP contribution in [0.3, 0.4) is 0 Å². The van der Waals surface area contributed by atoms with Crippen molar-refractivity contribution in [1.29, 1.82) is 5.26 Å². The molecule has 1 unspecified atom stereocenters. The first-order valence-electron chi connectivity index (χ1n) is 8.47. The number of anilines is 1. The summed E-state index contributed by atoms with van der Waals surface area (Å²) in [4.78, 5) is 14.5. The van der Waals surface area contributed by atoms with E-state index in [2.05, 4.69) is 11.4 Å². The average Bonchev–Trinajstić information content (AvgIpc) is 2.66. The molecule has 3 rings (SSSR count). The quantitative estimate of drug-likeness (QED) is 0.901. The van der Waals surface area contributed by atoms with Gasteiger partial charge in [0.25, 0.3) is 5.91 Å². The van der Waals surface area contributed by atoms with Crippen molar-refractivity contribution in [2.75, 3.05) is 18.4 Å². The lowest BCUT2D eigenvalue weighted by atomic mass is 10.1. The Kier molecular flexibility index (Phi) is 5.32. The normalized spacial score (nSPS) is 17.0. The summed E-state index contributed by atoms with van der Waals surface area (Å²) in [6.45, 7) is 1.52. The van der Waals surface area contributed by atoms with Crippen molar-refractivity contribution in [1.82, 2.24) is 4.90 Å². The lowest BCUT2D eigenvalue weighted by Crippen LogP contribution is -2.42. The van der Waals surface area contributed by atoms with E-state index in [1.165, 1.54) is 0 Å². The van der Waals surface area contributed by atoms with E-state index in [1.807, 2.05) is 36.4 Å². The summed E-state index contributed by atoms with van der Waals surface area (Å²) in [5, 5.41) is 22.3. The van der Waals surface area contributed by atoms with E-state index in [0.717, 1.165) is 24.1 Å². The maximum absolute atomic E-state index is 12.8. The summed E-state index contributed by atoms with van der Waals surface area (Å²) >= 11 is 0. The van der Waals surface area contributed by atoms with Crippen LogP contribution in [0.5, 0.6) is 0 Å². The third kappa shape index (κ3) is 3.98. The molecule has 0 aliphatic carbocycles. The van der Waals surface area contributed by atoms with Gasteiger partial charge in [0.1, 0.15) is 0 Å². The number of amides is 1. The first-order chi connectivity index (χ1) is 12.2. The molecule has 1 saturated heterocycles. The molecule has 2 aromatic rings. The molecule has 2 N–H and O–H groups in total. The molecule has 0 saturated carbocycles. The number of aliphatic hydroxyl groups excluding tert-OH is 1. The van der Waals surface area contributed by atoms with E-state index in [-0.39, 0.29) is 5.91 Å². The van der Waals surface area contributed by atoms with Gasteiger partial charge in [-0.3, -0.25) is 4.79 Å². The first-order valence-corrected chi connectivity index (χ1v) is 8.47. The minimum absolute atomic E-state index is 0.0737. The first kappa shape index (κ1) is 17.0. The van der Waals surface area contributed by atoms with Crippen LogP contribution in [0.15, 0.2) is 48.5 Å². The monoisotopic (exact) mass is 335 g/mol. The number of benzene rings is 2. The molecular weight excluding hydrogens is 314 g/mol. The standard InChI is InChI=1S/C20H21N3O2/c21-12-15-6-1-2-7-16(15)13-22-19-10-4-3-9-18(19)20(25)23-11-5-8-17(24)14-23/h1-4,6-7,9-10,17,22,24H,5,8,11,13-14H2. The van der Waals surface area contributed by atoms with Gasteiger partial charge in [0, 0.05) is 25.3 Å². The van der Waals surface area contributed by atoms with Crippen molar-refractivity contribution in [3.63, 3.8) is 0 Å². The second kappa shape index (κ2) is 7.82. The Bertz CT molecular complexity index is 798. The summed E-state index contributed by atoms with van der Waals surface area (Å²) in [5.41, 5.74) is 2.84. The molecule has 5 nitrogen and oxygen atoms in total. The van der Waals surface area contributed by atoms with Crippen LogP contribution in [0, 0.1) is 11.3 Å². The number of carbonyl (C=O) groups is 1. The molecule has 0 radical (unpaired) electrons. The van der Waals surface area contributed by atoms with Crippen LogP contribution >= 0.6 is 0 Å². The summed E-state index contributed by atoms with van der Waals surface area (Å²) < 4.78 is 0. The number of piperidine rings is 1. The predicted octanol–water partition coefficient (Wildman–Crippen LogP) is 2.77. The minimum atomic E-state index is -0.444. The molecular formula is C20H21N3O2. The van der Waals surface area contributed by atoms with Crippen LogP contribution in [-0.2, 0) is 6.54 Å². The zero-order valence-corrected chi connectivity index (χ0v) is 14.0. The van der Waals surface area contributed by atoms with Gasteiger partial charge in [-0.05, 0) is 36.6 Å². The van der Waals surface area contributed by atoms with Crippen LogP contribution in [0.4, 0.5) is 5.69 Å². The van der Waals surface area contributed by atoms with Gasteiger partial charge in [0.2, 0.25) is 0 Å². The van der Waals surface area contributed by atoms with Gasteiger partial charge in [0.05, 0.1) is 23.3 Å². The van der Waals surface area contributed by atoms with Crippen molar-refractivity contribution in [3.8, 4) is 6.07 Å². The Morgan fingerprint density at radius 3 is 2.80 bits per heavy atom. The number of hydrogen-bond donors (Lipinski definition) is 2. The third-order valence-corrected chi connectivity index (χ3v) is 4.45. The molecule has 1 amide bonds. The Labute approximate surface area is 147 Å². The van der Waals surface area contributed by atoms with E-state index < -0.39 is 6.10 Å². The maximum atomic E-state index is 12.8. The van der Waals surface area contributed by atoms with E-state index in [0.29, 0.717) is 30.8 Å². The lowest BCUT2D eigenvalue weighted by molar-refractivity contribution is 0.0474. The second-order valence-electron chi connectivity index (χ2n) is 6.22. The Morgan fingerprint density at radius 2 is 2.00 bits per heavy atom. The SMILES string of the molecule is N#Cc1ccccc1CNc1ccccc1C(=O)N1CCCC(O)C1. The molecule has 0 spiro atoms.